The van der Waals surface area contributed by atoms with Gasteiger partial charge in [-0.2, -0.15) is 0 Å². The molecule has 1 aliphatic rings. The molecule has 0 aliphatic carbocycles. The molecule has 1 atom stereocenters. The van der Waals surface area contributed by atoms with Crippen LogP contribution in [0.1, 0.15) is 12.0 Å². The zero-order chi connectivity index (χ0) is 13.3. The molecule has 18 heavy (non-hydrogen) atoms. The third-order valence-corrected chi connectivity index (χ3v) is 3.22. The molecule has 0 spiro atoms. The van der Waals surface area contributed by atoms with Crippen molar-refractivity contribution in [3.05, 3.63) is 29.6 Å². The molecule has 4 nitrogen and oxygen atoms in total. The molecular weight excluding hydrogens is 235 g/mol. The first-order valence-corrected chi connectivity index (χ1v) is 5.83. The highest BCUT2D eigenvalue weighted by Gasteiger charge is 2.37. The number of hydrogen-bond acceptors (Lipinski definition) is 2. The first-order chi connectivity index (χ1) is 8.54. The Morgan fingerprint density at radius 3 is 2.83 bits per heavy atom. The summed E-state index contributed by atoms with van der Waals surface area (Å²) in [7, 11) is 1.52. The van der Waals surface area contributed by atoms with Gasteiger partial charge in [-0.05, 0) is 37.1 Å². The van der Waals surface area contributed by atoms with E-state index in [1.807, 2.05) is 0 Å². The van der Waals surface area contributed by atoms with Crippen molar-refractivity contribution in [1.29, 1.82) is 0 Å². The van der Waals surface area contributed by atoms with Crippen LogP contribution in [0.15, 0.2) is 18.2 Å². The van der Waals surface area contributed by atoms with Crippen LogP contribution in [-0.2, 0) is 9.59 Å². The summed E-state index contributed by atoms with van der Waals surface area (Å²) in [4.78, 5) is 25.2. The minimum absolute atomic E-state index is 0.218. The molecule has 96 valence electrons. The minimum atomic E-state index is -0.626. The highest BCUT2D eigenvalue weighted by Crippen LogP contribution is 2.28. The van der Waals surface area contributed by atoms with Crippen molar-refractivity contribution in [1.82, 2.24) is 5.32 Å². The van der Waals surface area contributed by atoms with E-state index in [1.165, 1.54) is 19.2 Å². The fraction of sp³-hybridized carbons (Fsp3) is 0.385. The fourth-order valence-corrected chi connectivity index (χ4v) is 2.26. The van der Waals surface area contributed by atoms with Crippen LogP contribution >= 0.6 is 0 Å². The van der Waals surface area contributed by atoms with Gasteiger partial charge in [-0.3, -0.25) is 9.59 Å². The number of benzene rings is 1. The second-order valence-electron chi connectivity index (χ2n) is 4.38. The predicted octanol–water partition coefficient (Wildman–Crippen LogP) is 1.23. The predicted molar refractivity (Wildman–Crippen MR) is 65.7 cm³/mol. The van der Waals surface area contributed by atoms with Gasteiger partial charge in [0, 0.05) is 19.3 Å². The van der Waals surface area contributed by atoms with Crippen molar-refractivity contribution in [2.75, 3.05) is 18.5 Å². The van der Waals surface area contributed by atoms with E-state index in [0.717, 1.165) is 0 Å². The molecule has 1 saturated heterocycles. The highest BCUT2D eigenvalue weighted by atomic mass is 19.1. The van der Waals surface area contributed by atoms with Crippen LogP contribution in [0.3, 0.4) is 0 Å². The van der Waals surface area contributed by atoms with Crippen LogP contribution in [-0.4, -0.2) is 25.4 Å². The van der Waals surface area contributed by atoms with Crippen molar-refractivity contribution in [2.45, 2.75) is 13.3 Å². The van der Waals surface area contributed by atoms with Gasteiger partial charge in [-0.1, -0.05) is 0 Å². The van der Waals surface area contributed by atoms with Gasteiger partial charge in [0.05, 0.1) is 0 Å². The molecule has 1 aromatic rings. The molecule has 0 radical (unpaired) electrons. The fourth-order valence-electron chi connectivity index (χ4n) is 2.26. The van der Waals surface area contributed by atoms with Crippen molar-refractivity contribution in [2.24, 2.45) is 5.92 Å². The Labute approximate surface area is 105 Å². The zero-order valence-corrected chi connectivity index (χ0v) is 10.4. The summed E-state index contributed by atoms with van der Waals surface area (Å²) in [6.07, 6.45) is 0.495. The minimum Gasteiger partial charge on any atom is -0.358 e. The van der Waals surface area contributed by atoms with Crippen molar-refractivity contribution in [3.8, 4) is 0 Å². The number of hydrogen-bond donors (Lipinski definition) is 1. The quantitative estimate of drug-likeness (QED) is 0.803. The van der Waals surface area contributed by atoms with Gasteiger partial charge in [0.25, 0.3) is 0 Å². The van der Waals surface area contributed by atoms with E-state index in [1.54, 1.807) is 17.9 Å². The van der Waals surface area contributed by atoms with Gasteiger partial charge in [0.1, 0.15) is 11.7 Å². The van der Waals surface area contributed by atoms with E-state index >= 15 is 0 Å². The molecule has 1 aliphatic heterocycles. The van der Waals surface area contributed by atoms with Crippen LogP contribution in [0.2, 0.25) is 0 Å². The molecule has 0 bridgehead atoms. The Morgan fingerprint density at radius 2 is 2.22 bits per heavy atom. The van der Waals surface area contributed by atoms with Crippen molar-refractivity contribution < 1.29 is 14.0 Å². The van der Waals surface area contributed by atoms with Gasteiger partial charge >= 0.3 is 0 Å². The molecule has 0 aromatic heterocycles. The lowest BCUT2D eigenvalue weighted by atomic mass is 10.1. The molecule has 1 heterocycles. The topological polar surface area (TPSA) is 49.4 Å². The molecule has 1 unspecified atom stereocenters. The van der Waals surface area contributed by atoms with Gasteiger partial charge in [0.2, 0.25) is 11.8 Å². The standard InChI is InChI=1S/C13H15FN2O2/c1-8-7-9(14)3-4-11(8)16-6-5-10(13(16)18)12(17)15-2/h3-4,7,10H,5-6H2,1-2H3,(H,15,17). The van der Waals surface area contributed by atoms with E-state index in [2.05, 4.69) is 5.32 Å². The number of aryl methyl sites for hydroxylation is 1. The van der Waals surface area contributed by atoms with Crippen LogP contribution in [0.4, 0.5) is 10.1 Å². The van der Waals surface area contributed by atoms with Crippen LogP contribution in [0, 0.1) is 18.7 Å². The van der Waals surface area contributed by atoms with Crippen molar-refractivity contribution >= 4 is 17.5 Å². The Morgan fingerprint density at radius 1 is 1.50 bits per heavy atom. The number of nitrogens with zero attached hydrogens (tertiary/aromatic N) is 1. The molecule has 2 rings (SSSR count). The van der Waals surface area contributed by atoms with E-state index in [0.29, 0.717) is 24.2 Å². The number of nitrogens with one attached hydrogen (secondary N) is 1. The monoisotopic (exact) mass is 250 g/mol. The molecular formula is C13H15FN2O2. The SMILES string of the molecule is CNC(=O)C1CCN(c2ccc(F)cc2C)C1=O. The third kappa shape index (κ3) is 2.08. The van der Waals surface area contributed by atoms with Crippen LogP contribution < -0.4 is 10.2 Å². The summed E-state index contributed by atoms with van der Waals surface area (Å²) in [6.45, 7) is 2.24. The summed E-state index contributed by atoms with van der Waals surface area (Å²) in [5, 5.41) is 2.49. The largest absolute Gasteiger partial charge is 0.358 e. The Kier molecular flexibility index (Phi) is 3.32. The number of rotatable bonds is 2. The number of halogens is 1. The number of carbonyl (C=O) groups is 2. The maximum Gasteiger partial charge on any atom is 0.239 e. The summed E-state index contributed by atoms with van der Waals surface area (Å²) in [5.41, 5.74) is 1.37. The second kappa shape index (κ2) is 4.76. The highest BCUT2D eigenvalue weighted by molar-refractivity contribution is 6.09. The van der Waals surface area contributed by atoms with Gasteiger partial charge < -0.3 is 10.2 Å². The summed E-state index contributed by atoms with van der Waals surface area (Å²) in [5.74, 6) is -1.43. The molecule has 1 fully saturated rings. The lowest BCUT2D eigenvalue weighted by Gasteiger charge is -2.18. The second-order valence-corrected chi connectivity index (χ2v) is 4.38. The molecule has 5 heteroatoms. The molecule has 1 N–H and O–H groups in total. The normalized spacial score (nSPS) is 19.2. The first-order valence-electron chi connectivity index (χ1n) is 5.83. The number of carbonyl (C=O) groups excluding carboxylic acids is 2. The van der Waals surface area contributed by atoms with Gasteiger partial charge in [-0.15, -0.1) is 0 Å². The van der Waals surface area contributed by atoms with E-state index < -0.39 is 5.92 Å². The maximum atomic E-state index is 13.0. The summed E-state index contributed by atoms with van der Waals surface area (Å²) in [6, 6.07) is 4.29. The van der Waals surface area contributed by atoms with Crippen LogP contribution in [0.5, 0.6) is 0 Å². The van der Waals surface area contributed by atoms with E-state index in [9.17, 15) is 14.0 Å². The summed E-state index contributed by atoms with van der Waals surface area (Å²) >= 11 is 0. The average Bonchev–Trinajstić information content (AvgIpc) is 2.70. The Hall–Kier alpha value is -1.91. The zero-order valence-electron chi connectivity index (χ0n) is 10.4. The van der Waals surface area contributed by atoms with Crippen molar-refractivity contribution in [3.63, 3.8) is 0 Å². The molecule has 1 aromatic carbocycles. The first kappa shape index (κ1) is 12.5. The van der Waals surface area contributed by atoms with Crippen LogP contribution in [0.25, 0.3) is 0 Å². The number of amides is 2. The van der Waals surface area contributed by atoms with Gasteiger partial charge in [0.15, 0.2) is 0 Å². The molecule has 2 amide bonds. The summed E-state index contributed by atoms with van der Waals surface area (Å²) < 4.78 is 13.0. The molecule has 0 saturated carbocycles. The maximum absolute atomic E-state index is 13.0. The lowest BCUT2D eigenvalue weighted by molar-refractivity contribution is -0.131. The Balaban J connectivity index is 2.26. The van der Waals surface area contributed by atoms with E-state index in [-0.39, 0.29) is 17.6 Å². The average molecular weight is 250 g/mol. The van der Waals surface area contributed by atoms with Gasteiger partial charge in [-0.25, -0.2) is 4.39 Å². The lowest BCUT2D eigenvalue weighted by Crippen LogP contribution is -2.35. The number of anilines is 1. The van der Waals surface area contributed by atoms with E-state index in [4.69, 9.17) is 0 Å². The third-order valence-electron chi connectivity index (χ3n) is 3.22. The smallest absolute Gasteiger partial charge is 0.239 e. The Bertz CT molecular complexity index is 502.